The van der Waals surface area contributed by atoms with E-state index in [0.717, 1.165) is 11.6 Å². The van der Waals surface area contributed by atoms with Crippen LogP contribution < -0.4 is 10.1 Å². The van der Waals surface area contributed by atoms with Gasteiger partial charge in [0.25, 0.3) is 5.91 Å². The summed E-state index contributed by atoms with van der Waals surface area (Å²) in [4.78, 5) is 11.8. The van der Waals surface area contributed by atoms with Crippen LogP contribution in [-0.2, 0) is 0 Å². The quantitative estimate of drug-likeness (QED) is 0.875. The number of hydrogen-bond acceptors (Lipinski definition) is 3. The molecule has 0 aliphatic heterocycles. The molecule has 1 amide bonds. The molecular formula is C12H12FN3O2. The van der Waals surface area contributed by atoms with E-state index in [0.29, 0.717) is 11.6 Å². The van der Waals surface area contributed by atoms with E-state index in [9.17, 15) is 9.18 Å². The average molecular weight is 249 g/mol. The van der Waals surface area contributed by atoms with Gasteiger partial charge in [0.05, 0.1) is 18.9 Å². The molecular weight excluding hydrogens is 237 g/mol. The number of H-pyrrole nitrogens is 1. The molecule has 0 unspecified atom stereocenters. The van der Waals surface area contributed by atoms with Crippen molar-refractivity contribution < 1.29 is 13.9 Å². The molecule has 2 N–H and O–H groups in total. The number of aryl methyl sites for hydroxylation is 1. The molecule has 1 aromatic heterocycles. The predicted octanol–water partition coefficient (Wildman–Crippen LogP) is 2.12. The highest BCUT2D eigenvalue weighted by atomic mass is 19.1. The van der Waals surface area contributed by atoms with E-state index in [1.54, 1.807) is 13.1 Å². The Hall–Kier alpha value is -2.37. The van der Waals surface area contributed by atoms with Crippen molar-refractivity contribution in [1.29, 1.82) is 0 Å². The number of aromatic amines is 1. The van der Waals surface area contributed by atoms with Crippen molar-refractivity contribution in [1.82, 2.24) is 10.2 Å². The number of nitrogens with one attached hydrogen (secondary N) is 2. The van der Waals surface area contributed by atoms with E-state index in [2.05, 4.69) is 15.5 Å². The lowest BCUT2D eigenvalue weighted by Crippen LogP contribution is -2.14. The Balaban J connectivity index is 2.22. The van der Waals surface area contributed by atoms with Crippen molar-refractivity contribution in [2.24, 2.45) is 0 Å². The van der Waals surface area contributed by atoms with Crippen molar-refractivity contribution in [2.45, 2.75) is 6.92 Å². The SMILES string of the molecule is COc1ccc(C(=O)Nc2[nH]ncc2C)c(F)c1. The van der Waals surface area contributed by atoms with E-state index in [1.165, 1.54) is 19.2 Å². The first kappa shape index (κ1) is 12.1. The van der Waals surface area contributed by atoms with Crippen molar-refractivity contribution in [3.8, 4) is 5.75 Å². The van der Waals surface area contributed by atoms with Crippen LogP contribution in [0, 0.1) is 12.7 Å². The summed E-state index contributed by atoms with van der Waals surface area (Å²) in [5.41, 5.74) is 0.724. The van der Waals surface area contributed by atoms with Crippen LogP contribution in [0.1, 0.15) is 15.9 Å². The molecule has 0 atom stereocenters. The maximum Gasteiger partial charge on any atom is 0.259 e. The first-order valence-electron chi connectivity index (χ1n) is 5.26. The third kappa shape index (κ3) is 2.32. The Morgan fingerprint density at radius 2 is 2.28 bits per heavy atom. The van der Waals surface area contributed by atoms with Crippen molar-refractivity contribution >= 4 is 11.7 Å². The van der Waals surface area contributed by atoms with E-state index >= 15 is 0 Å². The zero-order valence-corrected chi connectivity index (χ0v) is 9.95. The summed E-state index contributed by atoms with van der Waals surface area (Å²) < 4.78 is 18.5. The molecule has 0 radical (unpaired) electrons. The van der Waals surface area contributed by atoms with Crippen LogP contribution in [0.25, 0.3) is 0 Å². The second-order valence-electron chi connectivity index (χ2n) is 3.73. The summed E-state index contributed by atoms with van der Waals surface area (Å²) in [5.74, 6) is -0.358. The molecule has 0 aliphatic rings. The van der Waals surface area contributed by atoms with Crippen LogP contribution in [-0.4, -0.2) is 23.2 Å². The molecule has 1 heterocycles. The number of ether oxygens (including phenoxy) is 1. The van der Waals surface area contributed by atoms with Crippen molar-refractivity contribution in [3.05, 3.63) is 41.3 Å². The van der Waals surface area contributed by atoms with Gasteiger partial charge in [-0.25, -0.2) is 4.39 Å². The average Bonchev–Trinajstić information content (AvgIpc) is 2.74. The highest BCUT2D eigenvalue weighted by Gasteiger charge is 2.14. The minimum Gasteiger partial charge on any atom is -0.497 e. The van der Waals surface area contributed by atoms with Gasteiger partial charge in [-0.05, 0) is 19.1 Å². The van der Waals surface area contributed by atoms with Crippen LogP contribution in [0.15, 0.2) is 24.4 Å². The van der Waals surface area contributed by atoms with Gasteiger partial charge in [-0.1, -0.05) is 0 Å². The normalized spacial score (nSPS) is 10.2. The third-order valence-corrected chi connectivity index (χ3v) is 2.49. The molecule has 2 aromatic rings. The lowest BCUT2D eigenvalue weighted by atomic mass is 10.2. The monoisotopic (exact) mass is 249 g/mol. The molecule has 2 rings (SSSR count). The number of amides is 1. The maximum absolute atomic E-state index is 13.7. The van der Waals surface area contributed by atoms with Crippen LogP contribution in [0.5, 0.6) is 5.75 Å². The highest BCUT2D eigenvalue weighted by Crippen LogP contribution is 2.18. The number of rotatable bonds is 3. The summed E-state index contributed by atoms with van der Waals surface area (Å²) in [6, 6.07) is 4.06. The van der Waals surface area contributed by atoms with Gasteiger partial charge in [-0.3, -0.25) is 9.89 Å². The lowest BCUT2D eigenvalue weighted by Gasteiger charge is -2.06. The number of carbonyl (C=O) groups excluding carboxylic acids is 1. The van der Waals surface area contributed by atoms with E-state index < -0.39 is 11.7 Å². The van der Waals surface area contributed by atoms with Crippen LogP contribution in [0.4, 0.5) is 10.2 Å². The van der Waals surface area contributed by atoms with Gasteiger partial charge in [-0.2, -0.15) is 5.10 Å². The first-order chi connectivity index (χ1) is 8.61. The number of anilines is 1. The summed E-state index contributed by atoms with van der Waals surface area (Å²) >= 11 is 0. The number of aromatic nitrogens is 2. The molecule has 5 nitrogen and oxygen atoms in total. The minimum atomic E-state index is -0.635. The zero-order valence-electron chi connectivity index (χ0n) is 9.95. The Kier molecular flexibility index (Phi) is 3.27. The molecule has 0 saturated carbocycles. The summed E-state index contributed by atoms with van der Waals surface area (Å²) in [7, 11) is 1.43. The zero-order chi connectivity index (χ0) is 13.1. The summed E-state index contributed by atoms with van der Waals surface area (Å²) in [6.45, 7) is 1.78. The van der Waals surface area contributed by atoms with Crippen LogP contribution in [0.3, 0.4) is 0 Å². The largest absolute Gasteiger partial charge is 0.497 e. The van der Waals surface area contributed by atoms with Gasteiger partial charge in [0.1, 0.15) is 17.4 Å². The van der Waals surface area contributed by atoms with Crippen LogP contribution >= 0.6 is 0 Å². The molecule has 94 valence electrons. The molecule has 0 saturated heterocycles. The predicted molar refractivity (Wildman–Crippen MR) is 64.2 cm³/mol. The number of halogens is 1. The second-order valence-corrected chi connectivity index (χ2v) is 3.73. The highest BCUT2D eigenvalue weighted by molar-refractivity contribution is 6.04. The fraction of sp³-hybridized carbons (Fsp3) is 0.167. The molecule has 0 aliphatic carbocycles. The van der Waals surface area contributed by atoms with Crippen molar-refractivity contribution in [2.75, 3.05) is 12.4 Å². The van der Waals surface area contributed by atoms with E-state index in [-0.39, 0.29) is 5.56 Å². The maximum atomic E-state index is 13.7. The third-order valence-electron chi connectivity index (χ3n) is 2.49. The van der Waals surface area contributed by atoms with Gasteiger partial charge in [0.2, 0.25) is 0 Å². The standard InChI is InChI=1S/C12H12FN3O2/c1-7-6-14-16-11(7)15-12(17)9-4-3-8(18-2)5-10(9)13/h3-6H,1-2H3,(H2,14,15,16,17). The molecule has 1 aromatic carbocycles. The Morgan fingerprint density at radius 3 is 2.83 bits per heavy atom. The van der Waals surface area contributed by atoms with Gasteiger partial charge >= 0.3 is 0 Å². The minimum absolute atomic E-state index is 0.0511. The molecule has 0 fully saturated rings. The van der Waals surface area contributed by atoms with E-state index in [1.807, 2.05) is 0 Å². The van der Waals surface area contributed by atoms with E-state index in [4.69, 9.17) is 4.74 Å². The fourth-order valence-electron chi connectivity index (χ4n) is 1.46. The summed E-state index contributed by atoms with van der Waals surface area (Å²) in [6.07, 6.45) is 1.57. The number of nitrogens with zero attached hydrogens (tertiary/aromatic N) is 1. The second kappa shape index (κ2) is 4.87. The van der Waals surface area contributed by atoms with Gasteiger partial charge in [-0.15, -0.1) is 0 Å². The van der Waals surface area contributed by atoms with Gasteiger partial charge < -0.3 is 10.1 Å². The Bertz CT molecular complexity index is 580. The molecule has 0 spiro atoms. The van der Waals surface area contributed by atoms with Gasteiger partial charge in [0.15, 0.2) is 0 Å². The number of methoxy groups -OCH3 is 1. The number of benzene rings is 1. The van der Waals surface area contributed by atoms with Crippen LogP contribution in [0.2, 0.25) is 0 Å². The summed E-state index contributed by atoms with van der Waals surface area (Å²) in [5, 5.41) is 8.93. The molecule has 6 heteroatoms. The fourth-order valence-corrected chi connectivity index (χ4v) is 1.46. The number of carbonyl (C=O) groups is 1. The van der Waals surface area contributed by atoms with Gasteiger partial charge in [0, 0.05) is 11.6 Å². The Labute approximate surface area is 103 Å². The first-order valence-corrected chi connectivity index (χ1v) is 5.26. The Morgan fingerprint density at radius 1 is 1.50 bits per heavy atom. The smallest absolute Gasteiger partial charge is 0.259 e. The molecule has 0 bridgehead atoms. The number of hydrogen-bond donors (Lipinski definition) is 2. The molecule has 18 heavy (non-hydrogen) atoms. The lowest BCUT2D eigenvalue weighted by molar-refractivity contribution is 0.102. The van der Waals surface area contributed by atoms with Crippen molar-refractivity contribution in [3.63, 3.8) is 0 Å². The topological polar surface area (TPSA) is 67.0 Å².